The van der Waals surface area contributed by atoms with E-state index in [1.807, 2.05) is 6.92 Å². The summed E-state index contributed by atoms with van der Waals surface area (Å²) in [4.78, 5) is 21.0. The predicted molar refractivity (Wildman–Crippen MR) is 50.6 cm³/mol. The highest BCUT2D eigenvalue weighted by Gasteiger charge is 2.06. The van der Waals surface area contributed by atoms with Crippen molar-refractivity contribution in [1.29, 1.82) is 0 Å². The average molecular weight is 186 g/mol. The Kier molecular flexibility index (Phi) is 6.20. The summed E-state index contributed by atoms with van der Waals surface area (Å²) in [5, 5.41) is 8.36. The van der Waals surface area contributed by atoms with E-state index < -0.39 is 5.97 Å². The number of carboxylic acid groups (broad SMARTS) is 1. The third-order valence-corrected chi connectivity index (χ3v) is 2.22. The maximum Gasteiger partial charge on any atom is 0.303 e. The smallest absolute Gasteiger partial charge is 0.303 e. The maximum absolute atomic E-state index is 10.8. The van der Waals surface area contributed by atoms with E-state index in [0.29, 0.717) is 0 Å². The number of rotatable bonds is 7. The van der Waals surface area contributed by atoms with Crippen molar-refractivity contribution in [1.82, 2.24) is 0 Å². The van der Waals surface area contributed by atoms with Crippen molar-refractivity contribution in [2.75, 3.05) is 0 Å². The van der Waals surface area contributed by atoms with E-state index in [9.17, 15) is 9.59 Å². The molecular weight excluding hydrogens is 168 g/mol. The van der Waals surface area contributed by atoms with Gasteiger partial charge in [-0.1, -0.05) is 19.8 Å². The van der Waals surface area contributed by atoms with Crippen molar-refractivity contribution in [3.05, 3.63) is 0 Å². The molecule has 3 heteroatoms. The minimum absolute atomic E-state index is 0.129. The fourth-order valence-corrected chi connectivity index (χ4v) is 1.11. The van der Waals surface area contributed by atoms with Gasteiger partial charge in [0.15, 0.2) is 0 Å². The standard InChI is InChI=1S/C10H18O3/c1-8(9(2)11)6-4-3-5-7-10(12)13/h8H,3-7H2,1-2H3,(H,12,13)/t8-/m1/s1. The first-order valence-electron chi connectivity index (χ1n) is 4.76. The van der Waals surface area contributed by atoms with E-state index in [-0.39, 0.29) is 18.1 Å². The van der Waals surface area contributed by atoms with Gasteiger partial charge in [0, 0.05) is 12.3 Å². The van der Waals surface area contributed by atoms with Gasteiger partial charge in [-0.2, -0.15) is 0 Å². The summed E-state index contributed by atoms with van der Waals surface area (Å²) in [6.07, 6.45) is 3.71. The molecule has 0 rings (SSSR count). The van der Waals surface area contributed by atoms with Crippen LogP contribution in [0.15, 0.2) is 0 Å². The topological polar surface area (TPSA) is 54.4 Å². The number of carbonyl (C=O) groups is 2. The van der Waals surface area contributed by atoms with Gasteiger partial charge in [0.1, 0.15) is 5.78 Å². The molecule has 1 atom stereocenters. The largest absolute Gasteiger partial charge is 0.481 e. The molecule has 0 aliphatic heterocycles. The van der Waals surface area contributed by atoms with Gasteiger partial charge in [0.05, 0.1) is 0 Å². The van der Waals surface area contributed by atoms with Crippen LogP contribution in [0.25, 0.3) is 0 Å². The van der Waals surface area contributed by atoms with E-state index in [0.717, 1.165) is 25.7 Å². The molecule has 0 bridgehead atoms. The molecule has 0 aromatic heterocycles. The number of hydrogen-bond acceptors (Lipinski definition) is 2. The molecule has 0 amide bonds. The van der Waals surface area contributed by atoms with Crippen molar-refractivity contribution >= 4 is 11.8 Å². The maximum atomic E-state index is 10.8. The summed E-state index contributed by atoms with van der Waals surface area (Å²) in [6, 6.07) is 0. The molecule has 0 aromatic rings. The molecule has 13 heavy (non-hydrogen) atoms. The zero-order valence-electron chi connectivity index (χ0n) is 8.38. The number of unbranched alkanes of at least 4 members (excludes halogenated alkanes) is 2. The third-order valence-electron chi connectivity index (χ3n) is 2.22. The van der Waals surface area contributed by atoms with E-state index in [2.05, 4.69) is 0 Å². The summed E-state index contributed by atoms with van der Waals surface area (Å²) in [6.45, 7) is 3.52. The molecule has 0 unspecified atom stereocenters. The van der Waals surface area contributed by atoms with Crippen molar-refractivity contribution in [3.8, 4) is 0 Å². The molecule has 3 nitrogen and oxygen atoms in total. The lowest BCUT2D eigenvalue weighted by Gasteiger charge is -2.05. The summed E-state index contributed by atoms with van der Waals surface area (Å²) in [5.41, 5.74) is 0. The fraction of sp³-hybridized carbons (Fsp3) is 0.800. The van der Waals surface area contributed by atoms with Gasteiger partial charge in [-0.3, -0.25) is 9.59 Å². The van der Waals surface area contributed by atoms with Gasteiger partial charge in [-0.15, -0.1) is 0 Å². The zero-order chi connectivity index (χ0) is 10.3. The van der Waals surface area contributed by atoms with Gasteiger partial charge in [0.25, 0.3) is 0 Å². The fourth-order valence-electron chi connectivity index (χ4n) is 1.11. The lowest BCUT2D eigenvalue weighted by Crippen LogP contribution is -2.05. The molecule has 0 fully saturated rings. The van der Waals surface area contributed by atoms with Crippen LogP contribution in [0.1, 0.15) is 46.0 Å². The predicted octanol–water partition coefficient (Wildman–Crippen LogP) is 2.25. The van der Waals surface area contributed by atoms with Crippen molar-refractivity contribution in [3.63, 3.8) is 0 Å². The quantitative estimate of drug-likeness (QED) is 0.620. The number of carboxylic acids is 1. The van der Waals surface area contributed by atoms with Crippen LogP contribution in [0.2, 0.25) is 0 Å². The Labute approximate surface area is 79.1 Å². The zero-order valence-corrected chi connectivity index (χ0v) is 8.38. The van der Waals surface area contributed by atoms with Gasteiger partial charge >= 0.3 is 5.97 Å². The average Bonchev–Trinajstić information content (AvgIpc) is 2.02. The Balaban J connectivity index is 3.26. The number of hydrogen-bond donors (Lipinski definition) is 1. The molecule has 0 saturated heterocycles. The van der Waals surface area contributed by atoms with Gasteiger partial charge in [0.2, 0.25) is 0 Å². The third kappa shape index (κ3) is 7.50. The molecule has 1 N–H and O–H groups in total. The number of carbonyl (C=O) groups excluding carboxylic acids is 1. The Hall–Kier alpha value is -0.860. The van der Waals surface area contributed by atoms with Crippen LogP contribution >= 0.6 is 0 Å². The van der Waals surface area contributed by atoms with Crippen LogP contribution < -0.4 is 0 Å². The molecule has 0 spiro atoms. The lowest BCUT2D eigenvalue weighted by molar-refractivity contribution is -0.137. The van der Waals surface area contributed by atoms with E-state index in [4.69, 9.17) is 5.11 Å². The van der Waals surface area contributed by atoms with Crippen LogP contribution in [0.3, 0.4) is 0 Å². The highest BCUT2D eigenvalue weighted by atomic mass is 16.4. The summed E-state index contributed by atoms with van der Waals surface area (Å²) in [5.74, 6) is -0.386. The molecular formula is C10H18O3. The molecule has 0 heterocycles. The van der Waals surface area contributed by atoms with Crippen LogP contribution in [0, 0.1) is 5.92 Å². The van der Waals surface area contributed by atoms with E-state index in [1.54, 1.807) is 6.92 Å². The first-order valence-corrected chi connectivity index (χ1v) is 4.76. The van der Waals surface area contributed by atoms with Crippen molar-refractivity contribution < 1.29 is 14.7 Å². The summed E-state index contributed by atoms with van der Waals surface area (Å²) < 4.78 is 0. The van der Waals surface area contributed by atoms with Crippen LogP contribution in [-0.4, -0.2) is 16.9 Å². The minimum Gasteiger partial charge on any atom is -0.481 e. The van der Waals surface area contributed by atoms with Gasteiger partial charge in [-0.25, -0.2) is 0 Å². The number of Topliss-reactive ketones (excluding diaryl/α,β-unsaturated/α-hetero) is 1. The monoisotopic (exact) mass is 186 g/mol. The molecule has 76 valence electrons. The highest BCUT2D eigenvalue weighted by molar-refractivity contribution is 5.77. The normalized spacial score (nSPS) is 12.5. The second-order valence-electron chi connectivity index (χ2n) is 3.50. The molecule has 0 aliphatic carbocycles. The number of aliphatic carboxylic acids is 1. The number of ketones is 1. The lowest BCUT2D eigenvalue weighted by atomic mass is 9.99. The SMILES string of the molecule is CC(=O)[C@H](C)CCCCCC(=O)O. The first-order chi connectivity index (χ1) is 6.04. The first kappa shape index (κ1) is 12.1. The van der Waals surface area contributed by atoms with Gasteiger partial charge < -0.3 is 5.11 Å². The highest BCUT2D eigenvalue weighted by Crippen LogP contribution is 2.10. The van der Waals surface area contributed by atoms with Crippen LogP contribution in [-0.2, 0) is 9.59 Å². The van der Waals surface area contributed by atoms with Crippen LogP contribution in [0.4, 0.5) is 0 Å². The van der Waals surface area contributed by atoms with E-state index >= 15 is 0 Å². The molecule has 0 radical (unpaired) electrons. The van der Waals surface area contributed by atoms with Gasteiger partial charge in [-0.05, 0) is 19.8 Å². The summed E-state index contributed by atoms with van der Waals surface area (Å²) >= 11 is 0. The van der Waals surface area contributed by atoms with E-state index in [1.165, 1.54) is 0 Å². The van der Waals surface area contributed by atoms with Crippen LogP contribution in [0.5, 0.6) is 0 Å². The second kappa shape index (κ2) is 6.63. The second-order valence-corrected chi connectivity index (χ2v) is 3.50. The summed E-state index contributed by atoms with van der Waals surface area (Å²) in [7, 11) is 0. The molecule has 0 saturated carbocycles. The Morgan fingerprint density at radius 3 is 2.31 bits per heavy atom. The molecule has 0 aliphatic rings. The Morgan fingerprint density at radius 2 is 1.85 bits per heavy atom. The minimum atomic E-state index is -0.736. The van der Waals surface area contributed by atoms with Crippen molar-refractivity contribution in [2.24, 2.45) is 5.92 Å². The Bertz CT molecular complexity index is 175. The Morgan fingerprint density at radius 1 is 1.23 bits per heavy atom. The molecule has 0 aromatic carbocycles. The van der Waals surface area contributed by atoms with Crippen molar-refractivity contribution in [2.45, 2.75) is 46.0 Å².